The molecule has 1 atom stereocenters. The highest BCUT2D eigenvalue weighted by molar-refractivity contribution is 7.15. The fraction of sp³-hybridized carbons (Fsp3) is 0.435. The Morgan fingerprint density at radius 3 is 2.97 bits per heavy atom. The summed E-state index contributed by atoms with van der Waals surface area (Å²) >= 11 is 1.51. The van der Waals surface area contributed by atoms with E-state index in [-0.39, 0.29) is 11.7 Å². The molecule has 31 heavy (non-hydrogen) atoms. The molecule has 2 aromatic heterocycles. The van der Waals surface area contributed by atoms with E-state index in [0.717, 1.165) is 53.5 Å². The van der Waals surface area contributed by atoms with Gasteiger partial charge in [-0.1, -0.05) is 29.5 Å². The topological polar surface area (TPSA) is 72.4 Å². The van der Waals surface area contributed by atoms with Gasteiger partial charge in [0.25, 0.3) is 0 Å². The summed E-state index contributed by atoms with van der Waals surface area (Å²) in [6, 6.07) is 12.6. The number of aryl methyl sites for hydroxylation is 1. The van der Waals surface area contributed by atoms with Crippen molar-refractivity contribution < 1.29 is 9.47 Å². The van der Waals surface area contributed by atoms with E-state index in [1.165, 1.54) is 22.5 Å². The number of benzene rings is 1. The van der Waals surface area contributed by atoms with Crippen LogP contribution in [0.4, 0.5) is 10.9 Å². The summed E-state index contributed by atoms with van der Waals surface area (Å²) in [5.41, 5.74) is 3.44. The van der Waals surface area contributed by atoms with E-state index in [2.05, 4.69) is 52.5 Å². The van der Waals surface area contributed by atoms with Gasteiger partial charge in [0.2, 0.25) is 5.13 Å². The van der Waals surface area contributed by atoms with Crippen molar-refractivity contribution in [1.29, 1.82) is 0 Å². The number of nitrogens with one attached hydrogen (secondary N) is 1. The fourth-order valence-corrected chi connectivity index (χ4v) is 4.80. The summed E-state index contributed by atoms with van der Waals surface area (Å²) in [5, 5.41) is 13.1. The lowest BCUT2D eigenvalue weighted by atomic mass is 10.00. The zero-order valence-electron chi connectivity index (χ0n) is 18.1. The maximum Gasteiger partial charge on any atom is 0.211 e. The zero-order chi connectivity index (χ0) is 21.4. The Balaban J connectivity index is 1.25. The number of ether oxygens (including phenoxy) is 2. The van der Waals surface area contributed by atoms with E-state index in [9.17, 15) is 0 Å². The van der Waals surface area contributed by atoms with E-state index in [0.29, 0.717) is 6.61 Å². The Bertz CT molecular complexity index is 1080. The summed E-state index contributed by atoms with van der Waals surface area (Å²) in [6.45, 7) is 9.54. The summed E-state index contributed by atoms with van der Waals surface area (Å²) in [7, 11) is 0. The second-order valence-electron chi connectivity index (χ2n) is 8.77. The number of nitrogens with zero attached hydrogens (tertiary/aromatic N) is 4. The molecule has 162 valence electrons. The first-order chi connectivity index (χ1) is 14.9. The number of rotatable bonds is 5. The highest BCUT2D eigenvalue weighted by Crippen LogP contribution is 2.35. The molecule has 2 aliphatic heterocycles. The molecule has 2 aliphatic rings. The zero-order valence-corrected chi connectivity index (χ0v) is 18.9. The molecule has 0 spiro atoms. The maximum absolute atomic E-state index is 6.07. The number of fused-ring (bicyclic) bond motifs is 1. The molecule has 0 radical (unpaired) electrons. The van der Waals surface area contributed by atoms with Crippen LogP contribution < -0.4 is 10.1 Å². The first-order valence-electron chi connectivity index (χ1n) is 10.6. The average molecular weight is 438 g/mol. The smallest absolute Gasteiger partial charge is 0.211 e. The predicted molar refractivity (Wildman–Crippen MR) is 121 cm³/mol. The average Bonchev–Trinajstić information content (AvgIpc) is 3.28. The molecule has 1 aromatic carbocycles. The van der Waals surface area contributed by atoms with E-state index in [1.807, 2.05) is 25.1 Å². The van der Waals surface area contributed by atoms with E-state index >= 15 is 0 Å². The minimum Gasteiger partial charge on any atom is -0.487 e. The summed E-state index contributed by atoms with van der Waals surface area (Å²) in [4.78, 5) is 7.20. The van der Waals surface area contributed by atoms with Crippen LogP contribution in [0.2, 0.25) is 0 Å². The number of hydrogen-bond acceptors (Lipinski definition) is 8. The Hall–Kier alpha value is -2.55. The third kappa shape index (κ3) is 4.71. The number of hydrogen-bond donors (Lipinski definition) is 1. The van der Waals surface area contributed by atoms with Gasteiger partial charge in [0.05, 0.1) is 12.3 Å². The van der Waals surface area contributed by atoms with Crippen molar-refractivity contribution in [3.8, 4) is 5.75 Å². The number of morpholine rings is 1. The van der Waals surface area contributed by atoms with Crippen LogP contribution in [0.3, 0.4) is 0 Å². The second kappa shape index (κ2) is 8.18. The second-order valence-corrected chi connectivity index (χ2v) is 9.96. The van der Waals surface area contributed by atoms with Crippen molar-refractivity contribution in [3.63, 3.8) is 0 Å². The van der Waals surface area contributed by atoms with Crippen molar-refractivity contribution in [2.75, 3.05) is 25.0 Å². The van der Waals surface area contributed by atoms with E-state index in [4.69, 9.17) is 14.5 Å². The van der Waals surface area contributed by atoms with Gasteiger partial charge in [-0.05, 0) is 50.1 Å². The van der Waals surface area contributed by atoms with Crippen molar-refractivity contribution >= 4 is 22.3 Å². The van der Waals surface area contributed by atoms with Gasteiger partial charge in [0, 0.05) is 26.1 Å². The van der Waals surface area contributed by atoms with Gasteiger partial charge in [0.1, 0.15) is 28.3 Å². The lowest BCUT2D eigenvalue weighted by molar-refractivity contribution is -0.0349. The lowest BCUT2D eigenvalue weighted by Crippen LogP contribution is -2.38. The molecular weight excluding hydrogens is 410 g/mol. The Morgan fingerprint density at radius 2 is 2.13 bits per heavy atom. The lowest BCUT2D eigenvalue weighted by Gasteiger charge is -2.32. The van der Waals surface area contributed by atoms with Gasteiger partial charge in [-0.15, -0.1) is 10.2 Å². The summed E-state index contributed by atoms with van der Waals surface area (Å²) < 4.78 is 12.1. The van der Waals surface area contributed by atoms with Crippen LogP contribution in [-0.4, -0.2) is 45.4 Å². The standard InChI is InChI=1S/C23H27N5O2S/c1-15-26-27-22(31-15)25-21-6-4-5-18(24-21)20-14-28(9-10-29-20)13-16-7-8-19-17(11-16)12-23(2,3)30-19/h4-8,11,20H,9-10,12-14H2,1-3H3,(H,24,25,27)/t20-/m0/s1. The van der Waals surface area contributed by atoms with Gasteiger partial charge < -0.3 is 14.8 Å². The van der Waals surface area contributed by atoms with Crippen LogP contribution in [0.5, 0.6) is 5.75 Å². The fourth-order valence-electron chi connectivity index (χ4n) is 4.20. The van der Waals surface area contributed by atoms with Crippen LogP contribution >= 0.6 is 11.3 Å². The third-order valence-electron chi connectivity index (χ3n) is 5.55. The van der Waals surface area contributed by atoms with Crippen LogP contribution in [0.15, 0.2) is 36.4 Å². The summed E-state index contributed by atoms with van der Waals surface area (Å²) in [6.07, 6.45) is 0.906. The first-order valence-corrected chi connectivity index (χ1v) is 11.4. The molecule has 0 unspecified atom stereocenters. The van der Waals surface area contributed by atoms with Gasteiger partial charge in [-0.2, -0.15) is 0 Å². The predicted octanol–water partition coefficient (Wildman–Crippen LogP) is 4.27. The molecule has 0 amide bonds. The number of pyridine rings is 1. The van der Waals surface area contributed by atoms with Crippen molar-refractivity contribution in [2.45, 2.75) is 45.4 Å². The van der Waals surface area contributed by atoms with Crippen LogP contribution in [-0.2, 0) is 17.7 Å². The van der Waals surface area contributed by atoms with Crippen LogP contribution in [0.1, 0.15) is 41.8 Å². The molecule has 4 heterocycles. The Kier molecular flexibility index (Phi) is 5.37. The maximum atomic E-state index is 6.07. The van der Waals surface area contributed by atoms with E-state index in [1.54, 1.807) is 0 Å². The minimum atomic E-state index is -0.108. The largest absolute Gasteiger partial charge is 0.487 e. The van der Waals surface area contributed by atoms with E-state index < -0.39 is 0 Å². The molecule has 1 N–H and O–H groups in total. The molecule has 1 saturated heterocycles. The molecule has 0 aliphatic carbocycles. The molecule has 7 nitrogen and oxygen atoms in total. The van der Waals surface area contributed by atoms with Crippen LogP contribution in [0, 0.1) is 6.92 Å². The van der Waals surface area contributed by atoms with Gasteiger partial charge in [0.15, 0.2) is 0 Å². The molecular formula is C23H27N5O2S. The molecule has 0 bridgehead atoms. The van der Waals surface area contributed by atoms with Crippen molar-refractivity contribution in [3.05, 3.63) is 58.2 Å². The van der Waals surface area contributed by atoms with Crippen molar-refractivity contribution in [1.82, 2.24) is 20.1 Å². The quantitative estimate of drug-likeness (QED) is 0.639. The van der Waals surface area contributed by atoms with Crippen molar-refractivity contribution in [2.24, 2.45) is 0 Å². The summed E-state index contributed by atoms with van der Waals surface area (Å²) in [5.74, 6) is 1.78. The molecule has 0 saturated carbocycles. The monoisotopic (exact) mass is 437 g/mol. The molecule has 1 fully saturated rings. The molecule has 5 rings (SSSR count). The van der Waals surface area contributed by atoms with Gasteiger partial charge in [-0.25, -0.2) is 4.98 Å². The number of aromatic nitrogens is 3. The first kappa shape index (κ1) is 20.4. The Labute approximate surface area is 186 Å². The third-order valence-corrected chi connectivity index (χ3v) is 6.30. The molecule has 3 aromatic rings. The minimum absolute atomic E-state index is 0.0525. The normalized spacial score (nSPS) is 20.3. The molecule has 8 heteroatoms. The van der Waals surface area contributed by atoms with Gasteiger partial charge in [-0.3, -0.25) is 4.90 Å². The van der Waals surface area contributed by atoms with Gasteiger partial charge >= 0.3 is 0 Å². The number of anilines is 2. The highest BCUT2D eigenvalue weighted by Gasteiger charge is 2.30. The SMILES string of the molecule is Cc1nnc(Nc2cccc([C@@H]3CN(Cc4ccc5c(c4)CC(C)(C)O5)CCO3)n2)s1. The van der Waals surface area contributed by atoms with Crippen LogP contribution in [0.25, 0.3) is 0 Å². The highest BCUT2D eigenvalue weighted by atomic mass is 32.1. The Morgan fingerprint density at radius 1 is 1.23 bits per heavy atom.